The summed E-state index contributed by atoms with van der Waals surface area (Å²) in [5, 5.41) is 2.80. The van der Waals surface area contributed by atoms with Crippen molar-refractivity contribution in [2.24, 2.45) is 0 Å². The molecule has 1 aliphatic rings. The van der Waals surface area contributed by atoms with Crippen molar-refractivity contribution in [3.05, 3.63) is 23.9 Å². The molecule has 0 unspecified atom stereocenters. The van der Waals surface area contributed by atoms with E-state index in [0.717, 1.165) is 38.8 Å². The molecule has 2 amide bonds. The first-order valence-electron chi connectivity index (χ1n) is 8.11. The van der Waals surface area contributed by atoms with Gasteiger partial charge in [0, 0.05) is 31.9 Å². The normalized spacial score (nSPS) is 16.2. The zero-order chi connectivity index (χ0) is 17.4. The number of carbonyl (C=O) groups excluding carboxylic acids is 1. The van der Waals surface area contributed by atoms with Crippen LogP contribution in [0.25, 0.3) is 0 Å². The Labute approximate surface area is 139 Å². The fraction of sp³-hybridized carbons (Fsp3) is 0.625. The quantitative estimate of drug-likeness (QED) is 0.909. The summed E-state index contributed by atoms with van der Waals surface area (Å²) in [5.41, 5.74) is 0.641. The molecule has 0 atom stereocenters. The van der Waals surface area contributed by atoms with Gasteiger partial charge in [-0.15, -0.1) is 0 Å². The average molecular weight is 345 g/mol. The van der Waals surface area contributed by atoms with Crippen molar-refractivity contribution in [2.75, 3.05) is 19.7 Å². The number of aromatic nitrogens is 1. The summed E-state index contributed by atoms with van der Waals surface area (Å²) >= 11 is 0. The molecule has 1 aromatic rings. The lowest BCUT2D eigenvalue weighted by Crippen LogP contribution is -2.41. The van der Waals surface area contributed by atoms with E-state index in [0.29, 0.717) is 5.56 Å². The second-order valence-corrected chi connectivity index (χ2v) is 5.82. The van der Waals surface area contributed by atoms with Gasteiger partial charge in [0.2, 0.25) is 5.88 Å². The molecule has 1 aliphatic heterocycles. The van der Waals surface area contributed by atoms with Crippen molar-refractivity contribution in [2.45, 2.75) is 44.8 Å². The van der Waals surface area contributed by atoms with Crippen molar-refractivity contribution in [3.8, 4) is 5.88 Å². The van der Waals surface area contributed by atoms with Crippen LogP contribution in [0.5, 0.6) is 5.88 Å². The van der Waals surface area contributed by atoms with Crippen LogP contribution in [0.15, 0.2) is 18.3 Å². The summed E-state index contributed by atoms with van der Waals surface area (Å²) in [6, 6.07) is 2.89. The number of carbonyl (C=O) groups is 1. The molecular formula is C16H22F3N3O2. The van der Waals surface area contributed by atoms with E-state index in [1.54, 1.807) is 11.0 Å². The predicted molar refractivity (Wildman–Crippen MR) is 82.7 cm³/mol. The fourth-order valence-electron chi connectivity index (χ4n) is 2.54. The van der Waals surface area contributed by atoms with Crippen LogP contribution in [0.3, 0.4) is 0 Å². The number of amides is 2. The van der Waals surface area contributed by atoms with Crippen LogP contribution in [0, 0.1) is 0 Å². The number of rotatable bonds is 4. The number of hydrogen-bond acceptors (Lipinski definition) is 3. The minimum atomic E-state index is -4.41. The summed E-state index contributed by atoms with van der Waals surface area (Å²) in [6.45, 7) is 0.314. The van der Waals surface area contributed by atoms with E-state index >= 15 is 0 Å². The van der Waals surface area contributed by atoms with E-state index in [4.69, 9.17) is 0 Å². The van der Waals surface area contributed by atoms with Gasteiger partial charge in [0.05, 0.1) is 0 Å². The summed E-state index contributed by atoms with van der Waals surface area (Å²) in [5.74, 6) is -0.106. The van der Waals surface area contributed by atoms with E-state index in [-0.39, 0.29) is 18.5 Å². The maximum absolute atomic E-state index is 12.2. The highest BCUT2D eigenvalue weighted by molar-refractivity contribution is 5.74. The number of alkyl halides is 3. The van der Waals surface area contributed by atoms with Crippen molar-refractivity contribution in [1.29, 1.82) is 0 Å². The minimum Gasteiger partial charge on any atom is -0.468 e. The molecule has 2 heterocycles. The van der Waals surface area contributed by atoms with Gasteiger partial charge < -0.3 is 15.0 Å². The number of nitrogens with zero attached hydrogens (tertiary/aromatic N) is 2. The monoisotopic (exact) mass is 345 g/mol. The second-order valence-electron chi connectivity index (χ2n) is 5.82. The van der Waals surface area contributed by atoms with Gasteiger partial charge in [-0.25, -0.2) is 9.78 Å². The Hall–Kier alpha value is -1.99. The molecule has 0 bridgehead atoms. The number of likely N-dealkylation sites (tertiary alicyclic amines) is 1. The van der Waals surface area contributed by atoms with Crippen molar-refractivity contribution < 1.29 is 22.7 Å². The average Bonchev–Trinajstić information content (AvgIpc) is 2.50. The third-order valence-corrected chi connectivity index (χ3v) is 3.77. The van der Waals surface area contributed by atoms with E-state index < -0.39 is 12.8 Å². The van der Waals surface area contributed by atoms with Crippen LogP contribution in [-0.2, 0) is 6.54 Å². The molecule has 134 valence electrons. The van der Waals surface area contributed by atoms with Gasteiger partial charge in [0.15, 0.2) is 6.61 Å². The third kappa shape index (κ3) is 6.64. The smallest absolute Gasteiger partial charge is 0.422 e. The molecule has 1 N–H and O–H groups in total. The maximum Gasteiger partial charge on any atom is 0.422 e. The molecule has 2 rings (SSSR count). The molecule has 24 heavy (non-hydrogen) atoms. The number of nitrogens with one attached hydrogen (secondary N) is 1. The highest BCUT2D eigenvalue weighted by atomic mass is 19.4. The van der Waals surface area contributed by atoms with Crippen molar-refractivity contribution >= 4 is 6.03 Å². The van der Waals surface area contributed by atoms with Crippen LogP contribution < -0.4 is 10.1 Å². The molecule has 5 nitrogen and oxygen atoms in total. The number of pyridine rings is 1. The largest absolute Gasteiger partial charge is 0.468 e. The number of ether oxygens (including phenoxy) is 1. The molecule has 1 fully saturated rings. The number of halogens is 3. The zero-order valence-electron chi connectivity index (χ0n) is 13.4. The van der Waals surface area contributed by atoms with Crippen molar-refractivity contribution in [3.63, 3.8) is 0 Å². The van der Waals surface area contributed by atoms with E-state index in [1.807, 2.05) is 0 Å². The minimum absolute atomic E-state index is 0.106. The van der Waals surface area contributed by atoms with Crippen LogP contribution in [0.2, 0.25) is 0 Å². The molecule has 0 aromatic carbocycles. The first-order valence-corrected chi connectivity index (χ1v) is 8.11. The molecule has 0 saturated carbocycles. The van der Waals surface area contributed by atoms with Gasteiger partial charge in [-0.1, -0.05) is 19.3 Å². The summed E-state index contributed by atoms with van der Waals surface area (Å²) in [7, 11) is 0. The van der Waals surface area contributed by atoms with Crippen molar-refractivity contribution in [1.82, 2.24) is 15.2 Å². The van der Waals surface area contributed by atoms with E-state index in [9.17, 15) is 18.0 Å². The lowest BCUT2D eigenvalue weighted by atomic mass is 10.1. The summed E-state index contributed by atoms with van der Waals surface area (Å²) in [6.07, 6.45) is 2.44. The molecule has 1 saturated heterocycles. The molecule has 0 radical (unpaired) electrons. The molecule has 8 heteroatoms. The Kier molecular flexibility index (Phi) is 6.69. The number of hydrogen-bond donors (Lipinski definition) is 1. The van der Waals surface area contributed by atoms with Gasteiger partial charge in [-0.05, 0) is 24.5 Å². The number of urea groups is 1. The first kappa shape index (κ1) is 18.4. The molecule has 0 spiro atoms. The first-order chi connectivity index (χ1) is 11.4. The van der Waals surface area contributed by atoms with Crippen LogP contribution >= 0.6 is 0 Å². The Morgan fingerprint density at radius 2 is 1.88 bits per heavy atom. The SMILES string of the molecule is O=C(NCc1ccnc(OCC(F)(F)F)c1)N1CCCCCCC1. The Morgan fingerprint density at radius 3 is 2.54 bits per heavy atom. The maximum atomic E-state index is 12.2. The lowest BCUT2D eigenvalue weighted by Gasteiger charge is -2.25. The summed E-state index contributed by atoms with van der Waals surface area (Å²) < 4.78 is 41.1. The highest BCUT2D eigenvalue weighted by Crippen LogP contribution is 2.17. The Morgan fingerprint density at radius 1 is 1.21 bits per heavy atom. The lowest BCUT2D eigenvalue weighted by molar-refractivity contribution is -0.154. The Bertz CT molecular complexity index is 530. The highest BCUT2D eigenvalue weighted by Gasteiger charge is 2.28. The van der Waals surface area contributed by atoms with Crippen LogP contribution in [0.1, 0.15) is 37.7 Å². The van der Waals surface area contributed by atoms with Crippen LogP contribution in [-0.4, -0.2) is 41.8 Å². The Balaban J connectivity index is 1.83. The van der Waals surface area contributed by atoms with Gasteiger partial charge >= 0.3 is 12.2 Å². The van der Waals surface area contributed by atoms with Crippen LogP contribution in [0.4, 0.5) is 18.0 Å². The standard InChI is InChI=1S/C16H22F3N3O2/c17-16(18,19)12-24-14-10-13(6-7-20-14)11-21-15(23)22-8-4-2-1-3-5-9-22/h6-7,10H,1-5,8-9,11-12H2,(H,21,23). The van der Waals surface area contributed by atoms with E-state index in [2.05, 4.69) is 15.0 Å². The molecule has 1 aromatic heterocycles. The molecule has 0 aliphatic carbocycles. The second kappa shape index (κ2) is 8.75. The third-order valence-electron chi connectivity index (χ3n) is 3.77. The van der Waals surface area contributed by atoms with Gasteiger partial charge in [-0.3, -0.25) is 0 Å². The predicted octanol–water partition coefficient (Wildman–Crippen LogP) is 3.50. The van der Waals surface area contributed by atoms with Gasteiger partial charge in [0.25, 0.3) is 0 Å². The summed E-state index contributed by atoms with van der Waals surface area (Å²) in [4.78, 5) is 17.7. The molecular weight excluding hydrogens is 323 g/mol. The fourth-order valence-corrected chi connectivity index (χ4v) is 2.54. The van der Waals surface area contributed by atoms with E-state index in [1.165, 1.54) is 18.7 Å². The van der Waals surface area contributed by atoms with Gasteiger partial charge in [-0.2, -0.15) is 13.2 Å². The zero-order valence-corrected chi connectivity index (χ0v) is 13.4. The van der Waals surface area contributed by atoms with Gasteiger partial charge in [0.1, 0.15) is 0 Å². The topological polar surface area (TPSA) is 54.5 Å².